The molecular formula is C9H10N2O4. The summed E-state index contributed by atoms with van der Waals surface area (Å²) in [4.78, 5) is 22.6. The van der Waals surface area contributed by atoms with E-state index in [2.05, 4.69) is 14.8 Å². The minimum Gasteiger partial charge on any atom is -0.325 e. The molecule has 0 aliphatic heterocycles. The highest BCUT2D eigenvalue weighted by Gasteiger charge is 2.13. The van der Waals surface area contributed by atoms with Crippen LogP contribution in [0.1, 0.15) is 6.93 Å². The summed E-state index contributed by atoms with van der Waals surface area (Å²) in [5.74, 6) is 0. The molecule has 1 aromatic rings. The summed E-state index contributed by atoms with van der Waals surface area (Å²) in [5, 5.41) is 10.7. The summed E-state index contributed by atoms with van der Waals surface area (Å²) in [6, 6.07) is 4.63. The van der Waals surface area contributed by atoms with Gasteiger partial charge in [0.25, 0.3) is 5.69 Å². The van der Waals surface area contributed by atoms with Crippen LogP contribution in [-0.2, 0) is 9.78 Å². The van der Waals surface area contributed by atoms with Crippen LogP contribution >= 0.6 is 0 Å². The first kappa shape index (κ1) is 9.60. The first-order valence-electron chi connectivity index (χ1n) is 4.71. The third kappa shape index (κ3) is 2.75. The molecule has 0 N–H and O–H groups in total. The number of hydrogen-bond acceptors (Lipinski definition) is 5. The summed E-state index contributed by atoms with van der Waals surface area (Å²) in [6.07, 6.45) is 0.921. The molecule has 15 heavy (non-hydrogen) atoms. The lowest BCUT2D eigenvalue weighted by Gasteiger charge is -2.00. The molecule has 0 amide bonds. The van der Waals surface area contributed by atoms with Gasteiger partial charge in [-0.3, -0.25) is 10.1 Å². The monoisotopic (exact) mass is 212 g/mol. The van der Waals surface area contributed by atoms with E-state index in [1.807, 2.05) is 0 Å². The Hall–Kier alpha value is -1.95. The average Bonchev–Trinajstić information content (AvgIpc) is 2.25. The van der Waals surface area contributed by atoms with E-state index in [-0.39, 0.29) is 18.5 Å². The predicted molar refractivity (Wildman–Crippen MR) is 54.1 cm³/mol. The van der Waals surface area contributed by atoms with E-state index in [0.29, 0.717) is 5.56 Å². The number of nitro benzene ring substituents is 1. The number of nitro groups is 1. The van der Waals surface area contributed by atoms with E-state index in [4.69, 9.17) is 1.37 Å². The van der Waals surface area contributed by atoms with Gasteiger partial charge in [0, 0.05) is 6.07 Å². The normalized spacial score (nSPS) is 11.4. The van der Waals surface area contributed by atoms with Crippen LogP contribution in [0.3, 0.4) is 0 Å². The van der Waals surface area contributed by atoms with Crippen molar-refractivity contribution >= 4 is 17.8 Å². The topological polar surface area (TPSA) is 74.0 Å². The zero-order valence-corrected chi connectivity index (χ0v) is 8.04. The summed E-state index contributed by atoms with van der Waals surface area (Å²) < 4.78 is 6.62. The van der Waals surface area contributed by atoms with Crippen molar-refractivity contribution in [2.24, 2.45) is 4.99 Å². The van der Waals surface area contributed by atoms with E-state index in [0.717, 1.165) is 6.40 Å². The molecule has 80 valence electrons. The highest BCUT2D eigenvalue weighted by molar-refractivity contribution is 5.67. The molecule has 0 heterocycles. The molecule has 0 saturated heterocycles. The van der Waals surface area contributed by atoms with Crippen LogP contribution in [-0.4, -0.2) is 18.4 Å². The molecule has 0 aliphatic carbocycles. The van der Waals surface area contributed by atoms with Crippen LogP contribution in [0.25, 0.3) is 0 Å². The number of aliphatic imine (C=N–C) groups is 1. The number of aryl methyl sites for hydroxylation is 1. The van der Waals surface area contributed by atoms with Gasteiger partial charge in [-0.2, -0.15) is 4.89 Å². The largest absolute Gasteiger partial charge is 0.325 e. The Balaban J connectivity index is 2.92. The van der Waals surface area contributed by atoms with Crippen molar-refractivity contribution in [2.75, 3.05) is 7.09 Å². The van der Waals surface area contributed by atoms with Gasteiger partial charge < -0.3 is 4.89 Å². The maximum atomic E-state index is 10.7. The first-order chi connectivity index (χ1) is 7.66. The molecule has 0 radical (unpaired) electrons. The van der Waals surface area contributed by atoms with E-state index >= 15 is 0 Å². The Morgan fingerprint density at radius 1 is 1.67 bits per heavy atom. The van der Waals surface area contributed by atoms with Gasteiger partial charge in [0.1, 0.15) is 5.69 Å². The Kier molecular flexibility index (Phi) is 3.24. The maximum absolute atomic E-state index is 10.7. The molecule has 6 nitrogen and oxygen atoms in total. The number of benzene rings is 1. The molecule has 6 heteroatoms. The molecule has 0 aliphatic rings. The molecule has 1 rings (SSSR count). The Morgan fingerprint density at radius 2 is 2.47 bits per heavy atom. The molecule has 1 aromatic carbocycles. The highest BCUT2D eigenvalue weighted by Crippen LogP contribution is 2.30. The van der Waals surface area contributed by atoms with Gasteiger partial charge >= 0.3 is 0 Å². The number of rotatable bonds is 4. The lowest BCUT2D eigenvalue weighted by Crippen LogP contribution is -1.91. The predicted octanol–water partition coefficient (Wildman–Crippen LogP) is 2.14. The fourth-order valence-corrected chi connectivity index (χ4v) is 1.06. The zero-order valence-electron chi connectivity index (χ0n) is 9.04. The van der Waals surface area contributed by atoms with E-state index in [1.54, 1.807) is 19.1 Å². The minimum atomic E-state index is -0.523. The van der Waals surface area contributed by atoms with Crippen molar-refractivity contribution in [1.29, 1.82) is 0 Å². The van der Waals surface area contributed by atoms with Crippen LogP contribution in [0, 0.1) is 17.0 Å². The van der Waals surface area contributed by atoms with Crippen molar-refractivity contribution < 1.29 is 16.1 Å². The lowest BCUT2D eigenvalue weighted by molar-refractivity contribution is -0.384. The van der Waals surface area contributed by atoms with Gasteiger partial charge in [0.15, 0.2) is 0 Å². The first-order valence-corrected chi connectivity index (χ1v) is 4.01. The fourth-order valence-electron chi connectivity index (χ4n) is 1.06. The summed E-state index contributed by atoms with van der Waals surface area (Å²) in [6.45, 7) is 1.70. The molecule has 0 aromatic heterocycles. The second kappa shape index (κ2) is 5.06. The lowest BCUT2D eigenvalue weighted by atomic mass is 10.2. The second-order valence-electron chi connectivity index (χ2n) is 2.65. The molecule has 0 spiro atoms. The Labute approximate surface area is 87.6 Å². The van der Waals surface area contributed by atoms with Crippen molar-refractivity contribution in [1.82, 2.24) is 0 Å². The van der Waals surface area contributed by atoms with Gasteiger partial charge in [-0.15, -0.1) is 0 Å². The Morgan fingerprint density at radius 3 is 3.13 bits per heavy atom. The van der Waals surface area contributed by atoms with Crippen LogP contribution in [0.5, 0.6) is 0 Å². The molecule has 0 fully saturated rings. The SMILES string of the molecule is [3H]COOC=Nc1c(C)cccc1[N+](=O)[O-]. The summed E-state index contributed by atoms with van der Waals surface area (Å²) in [5.41, 5.74) is 0.756. The fraction of sp³-hybridized carbons (Fsp3) is 0.222. The Bertz CT molecular complexity index is 408. The molecule has 0 atom stereocenters. The van der Waals surface area contributed by atoms with Crippen molar-refractivity contribution in [3.8, 4) is 0 Å². The van der Waals surface area contributed by atoms with Gasteiger partial charge in [0.2, 0.25) is 6.40 Å². The van der Waals surface area contributed by atoms with Crippen LogP contribution in [0.2, 0.25) is 0 Å². The summed E-state index contributed by atoms with van der Waals surface area (Å²) in [7, 11) is -0.373. The van der Waals surface area contributed by atoms with E-state index < -0.39 is 4.92 Å². The van der Waals surface area contributed by atoms with E-state index in [9.17, 15) is 10.1 Å². The average molecular weight is 212 g/mol. The zero-order chi connectivity index (χ0) is 12.0. The molecular weight excluding hydrogens is 200 g/mol. The second-order valence-corrected chi connectivity index (χ2v) is 2.65. The third-order valence-corrected chi connectivity index (χ3v) is 1.71. The van der Waals surface area contributed by atoms with Gasteiger partial charge in [-0.05, 0) is 12.5 Å². The van der Waals surface area contributed by atoms with Crippen molar-refractivity contribution in [3.63, 3.8) is 0 Å². The van der Waals surface area contributed by atoms with Gasteiger partial charge in [-0.1, -0.05) is 12.1 Å². The number of para-hydroxylation sites is 1. The number of nitrogens with zero attached hydrogens (tertiary/aromatic N) is 2. The van der Waals surface area contributed by atoms with Crippen molar-refractivity contribution in [3.05, 3.63) is 33.9 Å². The van der Waals surface area contributed by atoms with Gasteiger partial charge in [0.05, 0.1) is 13.4 Å². The van der Waals surface area contributed by atoms with Gasteiger partial charge in [-0.25, -0.2) is 4.99 Å². The smallest absolute Gasteiger partial charge is 0.295 e. The molecule has 0 saturated carbocycles. The van der Waals surface area contributed by atoms with Crippen LogP contribution < -0.4 is 0 Å². The van der Waals surface area contributed by atoms with Crippen molar-refractivity contribution in [2.45, 2.75) is 6.92 Å². The highest BCUT2D eigenvalue weighted by atomic mass is 17.2. The molecule has 0 bridgehead atoms. The standard InChI is InChI=1S/C9H10N2O4/c1-7-4-3-5-8(11(12)13)9(7)10-6-15-14-2/h3-6H,1-2H3/i2T. The summed E-state index contributed by atoms with van der Waals surface area (Å²) >= 11 is 0. The number of hydrogen-bond donors (Lipinski definition) is 0. The van der Waals surface area contributed by atoms with Crippen LogP contribution in [0.15, 0.2) is 23.2 Å². The van der Waals surface area contributed by atoms with Crippen LogP contribution in [0.4, 0.5) is 11.4 Å². The minimum absolute atomic E-state index is 0.106. The third-order valence-electron chi connectivity index (χ3n) is 1.71. The quantitative estimate of drug-likeness (QED) is 0.191. The van der Waals surface area contributed by atoms with E-state index in [1.165, 1.54) is 6.07 Å². The maximum Gasteiger partial charge on any atom is 0.295 e. The molecule has 0 unspecified atom stereocenters.